The Hall–Kier alpha value is -1.71. The first kappa shape index (κ1) is 17.6. The minimum absolute atomic E-state index is 0.00560. The maximum absolute atomic E-state index is 12.5. The molecule has 0 saturated heterocycles. The van der Waals surface area contributed by atoms with Gasteiger partial charge in [0.25, 0.3) is 0 Å². The molecule has 2 unspecified atom stereocenters. The number of urea groups is 1. The van der Waals surface area contributed by atoms with Crippen molar-refractivity contribution in [2.45, 2.75) is 19.4 Å². The zero-order valence-electron chi connectivity index (χ0n) is 13.2. The van der Waals surface area contributed by atoms with Crippen LogP contribution in [0.5, 0.6) is 5.75 Å². The lowest BCUT2D eigenvalue weighted by Gasteiger charge is -2.29. The van der Waals surface area contributed by atoms with Gasteiger partial charge in [0, 0.05) is 6.42 Å². The third-order valence-corrected chi connectivity index (χ3v) is 4.66. The molecule has 2 N–H and O–H groups in total. The topological polar surface area (TPSA) is 78.8 Å². The van der Waals surface area contributed by atoms with Crippen molar-refractivity contribution in [1.29, 1.82) is 0 Å². The van der Waals surface area contributed by atoms with Crippen LogP contribution in [0.3, 0.4) is 0 Å². The van der Waals surface area contributed by atoms with Crippen molar-refractivity contribution < 1.29 is 14.7 Å². The van der Waals surface area contributed by atoms with Gasteiger partial charge in [-0.15, -0.1) is 0 Å². The standard InChI is InChI=1S/C16H18ClN2O3P/c1-4-12(20)14-11(8-23(2)3)18-16(22)19-15(14)9-5-6-13(21)10(17)7-9/h5-8,14-15H,4H2,1-3H3,(H-,19,21,22)/p+1. The first-order valence-electron chi connectivity index (χ1n) is 7.25. The first-order chi connectivity index (χ1) is 10.8. The van der Waals surface area contributed by atoms with Gasteiger partial charge in [-0.1, -0.05) is 24.6 Å². The molecule has 0 aromatic heterocycles. The van der Waals surface area contributed by atoms with Crippen molar-refractivity contribution in [2.75, 3.05) is 13.3 Å². The Balaban J connectivity index is 2.53. The van der Waals surface area contributed by atoms with Crippen molar-refractivity contribution in [2.24, 2.45) is 10.9 Å². The summed E-state index contributed by atoms with van der Waals surface area (Å²) >= 11 is 5.97. The summed E-state index contributed by atoms with van der Waals surface area (Å²) in [5, 5.41) is 12.5. The molecule has 1 aliphatic rings. The highest BCUT2D eigenvalue weighted by Gasteiger charge is 2.38. The van der Waals surface area contributed by atoms with Crippen molar-refractivity contribution >= 4 is 42.5 Å². The Morgan fingerprint density at radius 1 is 1.48 bits per heavy atom. The molecule has 2 amide bonds. The molecule has 1 aromatic rings. The highest BCUT2D eigenvalue weighted by atomic mass is 35.5. The van der Waals surface area contributed by atoms with Crippen LogP contribution in [0.25, 0.3) is 0 Å². The van der Waals surface area contributed by atoms with E-state index in [9.17, 15) is 14.7 Å². The SMILES string of the molecule is CCC(=O)C1C(C=[P+](C)C)=NC(=O)NC1c1ccc(O)c(Cl)c1. The van der Waals surface area contributed by atoms with E-state index >= 15 is 0 Å². The molecule has 7 heteroatoms. The van der Waals surface area contributed by atoms with E-state index < -0.39 is 25.5 Å². The van der Waals surface area contributed by atoms with Crippen LogP contribution >= 0.6 is 19.1 Å². The number of carbonyl (C=O) groups excluding carboxylic acids is 2. The quantitative estimate of drug-likeness (QED) is 0.814. The van der Waals surface area contributed by atoms with Crippen LogP contribution in [0.15, 0.2) is 23.2 Å². The Bertz CT molecular complexity index is 711. The van der Waals surface area contributed by atoms with E-state index in [0.29, 0.717) is 17.7 Å². The molecule has 0 radical (unpaired) electrons. The van der Waals surface area contributed by atoms with Gasteiger partial charge in [0.15, 0.2) is 0 Å². The molecule has 122 valence electrons. The van der Waals surface area contributed by atoms with Crippen LogP contribution in [0.1, 0.15) is 24.9 Å². The summed E-state index contributed by atoms with van der Waals surface area (Å²) in [6.45, 7) is 5.85. The number of hydrogen-bond donors (Lipinski definition) is 2. The van der Waals surface area contributed by atoms with E-state index in [2.05, 4.69) is 10.3 Å². The number of aliphatic imine (C=N–C) groups is 1. The normalized spacial score (nSPS) is 20.5. The van der Waals surface area contributed by atoms with E-state index in [1.54, 1.807) is 19.1 Å². The maximum atomic E-state index is 12.5. The molecule has 1 heterocycles. The number of nitrogens with one attached hydrogen (secondary N) is 1. The summed E-state index contributed by atoms with van der Waals surface area (Å²) in [7, 11) is -0.452. The molecule has 0 bridgehead atoms. The second kappa shape index (κ2) is 7.24. The zero-order chi connectivity index (χ0) is 17.1. The average molecular weight is 354 g/mol. The van der Waals surface area contributed by atoms with Gasteiger partial charge in [-0.25, -0.2) is 4.79 Å². The minimum atomic E-state index is -0.539. The van der Waals surface area contributed by atoms with Crippen LogP contribution in [0.4, 0.5) is 4.79 Å². The van der Waals surface area contributed by atoms with Gasteiger partial charge in [0.1, 0.15) is 23.0 Å². The lowest BCUT2D eigenvalue weighted by atomic mass is 9.84. The second-order valence-corrected chi connectivity index (χ2v) is 8.16. The Morgan fingerprint density at radius 3 is 2.74 bits per heavy atom. The van der Waals surface area contributed by atoms with Crippen LogP contribution in [-0.4, -0.2) is 41.8 Å². The molecule has 23 heavy (non-hydrogen) atoms. The summed E-state index contributed by atoms with van der Waals surface area (Å²) in [4.78, 5) is 28.4. The lowest BCUT2D eigenvalue weighted by molar-refractivity contribution is -0.121. The molecule has 5 nitrogen and oxygen atoms in total. The third kappa shape index (κ3) is 3.98. The molecular formula is C16H19ClN2O3P+. The van der Waals surface area contributed by atoms with Crippen LogP contribution < -0.4 is 5.32 Å². The Kier molecular flexibility index (Phi) is 5.55. The van der Waals surface area contributed by atoms with Gasteiger partial charge >= 0.3 is 6.03 Å². The molecule has 2 atom stereocenters. The van der Waals surface area contributed by atoms with E-state index in [1.165, 1.54) is 6.07 Å². The molecule has 1 aromatic carbocycles. The number of amides is 2. The largest absolute Gasteiger partial charge is 0.506 e. The van der Waals surface area contributed by atoms with Crippen LogP contribution in [-0.2, 0) is 4.79 Å². The summed E-state index contributed by atoms with van der Waals surface area (Å²) in [6.07, 6.45) is 0.348. The molecule has 0 spiro atoms. The van der Waals surface area contributed by atoms with E-state index in [-0.39, 0.29) is 16.6 Å². The highest BCUT2D eigenvalue weighted by Crippen LogP contribution is 2.33. The summed E-state index contributed by atoms with van der Waals surface area (Å²) < 4.78 is 0. The molecule has 2 rings (SSSR count). The number of halogens is 1. The molecular weight excluding hydrogens is 335 g/mol. The zero-order valence-corrected chi connectivity index (χ0v) is 14.9. The number of phenolic OH excluding ortho intramolecular Hbond substituents is 1. The minimum Gasteiger partial charge on any atom is -0.506 e. The highest BCUT2D eigenvalue weighted by molar-refractivity contribution is 7.57. The van der Waals surface area contributed by atoms with E-state index in [4.69, 9.17) is 11.6 Å². The van der Waals surface area contributed by atoms with Gasteiger partial charge in [-0.2, -0.15) is 4.99 Å². The van der Waals surface area contributed by atoms with Gasteiger partial charge < -0.3 is 10.4 Å². The maximum Gasteiger partial charge on any atom is 0.341 e. The first-order valence-corrected chi connectivity index (χ1v) is 9.93. The number of aromatic hydroxyl groups is 1. The summed E-state index contributed by atoms with van der Waals surface area (Å²) in [6, 6.07) is 3.68. The van der Waals surface area contributed by atoms with Crippen molar-refractivity contribution in [3.8, 4) is 5.75 Å². The number of rotatable bonds is 4. The van der Waals surface area contributed by atoms with Crippen molar-refractivity contribution in [3.05, 3.63) is 28.8 Å². The summed E-state index contributed by atoms with van der Waals surface area (Å²) in [5.41, 5.74) is 1.19. The molecule has 0 saturated carbocycles. The number of carbonyl (C=O) groups is 2. The second-order valence-electron chi connectivity index (χ2n) is 5.56. The molecule has 0 fully saturated rings. The number of hydrogen-bond acceptors (Lipinski definition) is 3. The fourth-order valence-electron chi connectivity index (χ4n) is 2.54. The van der Waals surface area contributed by atoms with E-state index in [0.717, 1.165) is 0 Å². The monoisotopic (exact) mass is 353 g/mol. The summed E-state index contributed by atoms with van der Waals surface area (Å²) in [5.74, 6) is 1.33. The van der Waals surface area contributed by atoms with Crippen LogP contribution in [0, 0.1) is 5.92 Å². The Morgan fingerprint density at radius 2 is 2.17 bits per heavy atom. The van der Waals surface area contributed by atoms with Gasteiger partial charge in [0.2, 0.25) is 0 Å². The van der Waals surface area contributed by atoms with Crippen molar-refractivity contribution in [1.82, 2.24) is 5.32 Å². The third-order valence-electron chi connectivity index (χ3n) is 3.58. The predicted octanol–water partition coefficient (Wildman–Crippen LogP) is 3.39. The van der Waals surface area contributed by atoms with E-state index in [1.807, 2.05) is 19.1 Å². The average Bonchev–Trinajstić information content (AvgIpc) is 2.48. The number of ketones is 1. The number of Topliss-reactive ketones (excluding diaryl/α,β-unsaturated/α-hetero) is 1. The molecule has 0 aliphatic carbocycles. The predicted molar refractivity (Wildman–Crippen MR) is 95.4 cm³/mol. The van der Waals surface area contributed by atoms with Crippen molar-refractivity contribution in [3.63, 3.8) is 0 Å². The van der Waals surface area contributed by atoms with Gasteiger partial charge in [-0.3, -0.25) is 4.79 Å². The Labute approximate surface area is 141 Å². The lowest BCUT2D eigenvalue weighted by Crippen LogP contribution is -2.44. The van der Waals surface area contributed by atoms with Crippen LogP contribution in [0.2, 0.25) is 5.02 Å². The number of nitrogens with zero attached hydrogens (tertiary/aromatic N) is 1. The number of benzene rings is 1. The van der Waals surface area contributed by atoms with Gasteiger partial charge in [-0.05, 0) is 17.7 Å². The number of phenols is 1. The molecule has 1 aliphatic heterocycles. The van der Waals surface area contributed by atoms with Gasteiger partial charge in [0.05, 0.1) is 37.9 Å². The fourth-order valence-corrected chi connectivity index (χ4v) is 3.48. The smallest absolute Gasteiger partial charge is 0.341 e. The fraction of sp³-hybridized carbons (Fsp3) is 0.375.